The predicted octanol–water partition coefficient (Wildman–Crippen LogP) is 5.07. The van der Waals surface area contributed by atoms with Gasteiger partial charge in [0, 0.05) is 28.5 Å². The van der Waals surface area contributed by atoms with Crippen molar-refractivity contribution in [3.05, 3.63) is 53.6 Å². The normalized spacial score (nSPS) is 10.5. The second-order valence-electron chi connectivity index (χ2n) is 5.36. The zero-order valence-electron chi connectivity index (χ0n) is 12.2. The van der Waals surface area contributed by atoms with Crippen molar-refractivity contribution in [3.8, 4) is 0 Å². The van der Waals surface area contributed by atoms with Crippen molar-refractivity contribution in [1.82, 2.24) is 0 Å². The number of hydrogen-bond acceptors (Lipinski definition) is 2. The highest BCUT2D eigenvalue weighted by Crippen LogP contribution is 2.20. The van der Waals surface area contributed by atoms with Crippen LogP contribution in [0.4, 0.5) is 17.1 Å². The summed E-state index contributed by atoms with van der Waals surface area (Å²) in [5, 5.41) is 6.87. The number of rotatable bonds is 5. The summed E-state index contributed by atoms with van der Waals surface area (Å²) < 4.78 is 0. The molecule has 0 atom stereocenters. The van der Waals surface area contributed by atoms with Gasteiger partial charge in [0.15, 0.2) is 0 Å². The molecule has 2 aromatic rings. The van der Waals surface area contributed by atoms with Crippen LogP contribution in [0.1, 0.15) is 20.3 Å². The molecule has 0 aliphatic heterocycles. The van der Waals surface area contributed by atoms with E-state index in [-0.39, 0.29) is 5.91 Å². The number of benzene rings is 2. The SMILES string of the molecule is CC(C)CC(=O)Nc1ccc(Nc2ccc(Cl)cc2)cc1. The number of halogens is 1. The van der Waals surface area contributed by atoms with E-state index in [9.17, 15) is 4.79 Å². The minimum atomic E-state index is 0.0448. The minimum absolute atomic E-state index is 0.0448. The van der Waals surface area contributed by atoms with E-state index < -0.39 is 0 Å². The lowest BCUT2D eigenvalue weighted by atomic mass is 10.1. The van der Waals surface area contributed by atoms with Crippen molar-refractivity contribution < 1.29 is 4.79 Å². The quantitative estimate of drug-likeness (QED) is 0.809. The van der Waals surface area contributed by atoms with E-state index in [1.165, 1.54) is 0 Å². The van der Waals surface area contributed by atoms with Gasteiger partial charge < -0.3 is 10.6 Å². The number of amides is 1. The Bertz CT molecular complexity index is 591. The van der Waals surface area contributed by atoms with E-state index in [1.807, 2.05) is 62.4 Å². The third-order valence-corrected chi connectivity index (χ3v) is 3.15. The van der Waals surface area contributed by atoms with Crippen molar-refractivity contribution in [2.24, 2.45) is 5.92 Å². The second-order valence-corrected chi connectivity index (χ2v) is 5.79. The molecule has 0 saturated carbocycles. The highest BCUT2D eigenvalue weighted by atomic mass is 35.5. The molecule has 1 amide bonds. The van der Waals surface area contributed by atoms with Gasteiger partial charge in [-0.15, -0.1) is 0 Å². The zero-order chi connectivity index (χ0) is 15.2. The van der Waals surface area contributed by atoms with Crippen LogP contribution in [0, 0.1) is 5.92 Å². The largest absolute Gasteiger partial charge is 0.356 e. The standard InChI is InChI=1S/C17H19ClN2O/c1-12(2)11-17(21)20-16-9-7-15(8-10-16)19-14-5-3-13(18)4-6-14/h3-10,12,19H,11H2,1-2H3,(H,20,21). The lowest BCUT2D eigenvalue weighted by Crippen LogP contribution is -2.13. The molecule has 0 spiro atoms. The van der Waals surface area contributed by atoms with Crippen molar-refractivity contribution in [2.45, 2.75) is 20.3 Å². The number of hydrogen-bond donors (Lipinski definition) is 2. The van der Waals surface area contributed by atoms with E-state index in [1.54, 1.807) is 0 Å². The monoisotopic (exact) mass is 302 g/mol. The van der Waals surface area contributed by atoms with Gasteiger partial charge in [-0.1, -0.05) is 25.4 Å². The molecular formula is C17H19ClN2O. The highest BCUT2D eigenvalue weighted by Gasteiger charge is 2.05. The summed E-state index contributed by atoms with van der Waals surface area (Å²) in [5.74, 6) is 0.402. The fourth-order valence-corrected chi connectivity index (χ4v) is 2.05. The Morgan fingerprint density at radius 2 is 1.43 bits per heavy atom. The molecule has 0 radical (unpaired) electrons. The summed E-state index contributed by atoms with van der Waals surface area (Å²) in [6.07, 6.45) is 0.533. The van der Waals surface area contributed by atoms with Crippen LogP contribution in [-0.4, -0.2) is 5.91 Å². The predicted molar refractivity (Wildman–Crippen MR) is 89.3 cm³/mol. The van der Waals surface area contributed by atoms with Crippen molar-refractivity contribution in [2.75, 3.05) is 10.6 Å². The van der Waals surface area contributed by atoms with Crippen LogP contribution < -0.4 is 10.6 Å². The fourth-order valence-electron chi connectivity index (χ4n) is 1.92. The molecule has 0 heterocycles. The molecule has 2 aromatic carbocycles. The minimum Gasteiger partial charge on any atom is -0.356 e. The average Bonchev–Trinajstić information content (AvgIpc) is 2.42. The number of carbonyl (C=O) groups excluding carboxylic acids is 1. The molecule has 110 valence electrons. The number of carbonyl (C=O) groups is 1. The second kappa shape index (κ2) is 7.14. The molecule has 0 saturated heterocycles. The average molecular weight is 303 g/mol. The summed E-state index contributed by atoms with van der Waals surface area (Å²) in [7, 11) is 0. The lowest BCUT2D eigenvalue weighted by molar-refractivity contribution is -0.116. The molecule has 0 fully saturated rings. The molecule has 3 nitrogen and oxygen atoms in total. The number of anilines is 3. The van der Waals surface area contributed by atoms with Crippen LogP contribution in [0.3, 0.4) is 0 Å². The molecule has 0 aliphatic carbocycles. The first kappa shape index (κ1) is 15.4. The number of nitrogens with one attached hydrogen (secondary N) is 2. The Labute approximate surface area is 130 Å². The summed E-state index contributed by atoms with van der Waals surface area (Å²) in [4.78, 5) is 11.7. The molecule has 0 bridgehead atoms. The van der Waals surface area contributed by atoms with E-state index in [0.29, 0.717) is 17.4 Å². The van der Waals surface area contributed by atoms with Gasteiger partial charge in [-0.2, -0.15) is 0 Å². The molecule has 0 aliphatic rings. The fraction of sp³-hybridized carbons (Fsp3) is 0.235. The van der Waals surface area contributed by atoms with E-state index in [2.05, 4.69) is 10.6 Å². The smallest absolute Gasteiger partial charge is 0.224 e. The van der Waals surface area contributed by atoms with Gasteiger partial charge in [0.2, 0.25) is 5.91 Å². The maximum atomic E-state index is 11.7. The molecule has 0 unspecified atom stereocenters. The summed E-state index contributed by atoms with van der Waals surface area (Å²) in [6.45, 7) is 4.05. The summed E-state index contributed by atoms with van der Waals surface area (Å²) in [5.41, 5.74) is 2.73. The van der Waals surface area contributed by atoms with Gasteiger partial charge in [0.05, 0.1) is 0 Å². The third kappa shape index (κ3) is 5.12. The first-order valence-electron chi connectivity index (χ1n) is 6.95. The molecule has 21 heavy (non-hydrogen) atoms. The Morgan fingerprint density at radius 1 is 0.952 bits per heavy atom. The maximum Gasteiger partial charge on any atom is 0.224 e. The first-order chi connectivity index (χ1) is 10.0. The molecule has 4 heteroatoms. The molecule has 0 aromatic heterocycles. The van der Waals surface area contributed by atoms with Crippen LogP contribution in [0.5, 0.6) is 0 Å². The van der Waals surface area contributed by atoms with Crippen LogP contribution in [0.2, 0.25) is 5.02 Å². The van der Waals surface area contributed by atoms with E-state index in [4.69, 9.17) is 11.6 Å². The summed E-state index contributed by atoms with van der Waals surface area (Å²) >= 11 is 5.85. The van der Waals surface area contributed by atoms with Crippen molar-refractivity contribution in [3.63, 3.8) is 0 Å². The Kier molecular flexibility index (Phi) is 5.23. The highest BCUT2D eigenvalue weighted by molar-refractivity contribution is 6.30. The van der Waals surface area contributed by atoms with Crippen molar-refractivity contribution in [1.29, 1.82) is 0 Å². The van der Waals surface area contributed by atoms with Gasteiger partial charge in [-0.25, -0.2) is 0 Å². The summed E-state index contributed by atoms with van der Waals surface area (Å²) in [6, 6.07) is 15.1. The molecule has 2 N–H and O–H groups in total. The van der Waals surface area contributed by atoms with E-state index >= 15 is 0 Å². The zero-order valence-corrected chi connectivity index (χ0v) is 12.9. The van der Waals surface area contributed by atoms with Gasteiger partial charge in [-0.05, 0) is 54.4 Å². The Morgan fingerprint density at radius 3 is 1.95 bits per heavy atom. The topological polar surface area (TPSA) is 41.1 Å². The molecule has 2 rings (SSSR count). The van der Waals surface area contributed by atoms with Gasteiger partial charge >= 0.3 is 0 Å². The van der Waals surface area contributed by atoms with Crippen LogP contribution in [-0.2, 0) is 4.79 Å². The van der Waals surface area contributed by atoms with Crippen LogP contribution in [0.15, 0.2) is 48.5 Å². The van der Waals surface area contributed by atoms with E-state index in [0.717, 1.165) is 17.1 Å². The van der Waals surface area contributed by atoms with Gasteiger partial charge in [-0.3, -0.25) is 4.79 Å². The first-order valence-corrected chi connectivity index (χ1v) is 7.33. The lowest BCUT2D eigenvalue weighted by Gasteiger charge is -2.09. The van der Waals surface area contributed by atoms with Crippen molar-refractivity contribution >= 4 is 34.6 Å². The maximum absolute atomic E-state index is 11.7. The van der Waals surface area contributed by atoms with Crippen LogP contribution >= 0.6 is 11.6 Å². The van der Waals surface area contributed by atoms with Crippen LogP contribution in [0.25, 0.3) is 0 Å². The van der Waals surface area contributed by atoms with Gasteiger partial charge in [0.25, 0.3) is 0 Å². The van der Waals surface area contributed by atoms with Gasteiger partial charge in [0.1, 0.15) is 0 Å². The Hall–Kier alpha value is -2.00. The third-order valence-electron chi connectivity index (χ3n) is 2.90. The molecular weight excluding hydrogens is 284 g/mol. The Balaban J connectivity index is 1.95.